The predicted molar refractivity (Wildman–Crippen MR) is 80.7 cm³/mol. The molecule has 1 aromatic heterocycles. The minimum Gasteiger partial charge on any atom is -0.478 e. The van der Waals surface area contributed by atoms with Crippen molar-refractivity contribution in [2.24, 2.45) is 0 Å². The average molecular weight is 278 g/mol. The molecular weight excluding hydrogens is 264 g/mol. The van der Waals surface area contributed by atoms with Gasteiger partial charge in [0.1, 0.15) is 11.3 Å². The zero-order valence-electron chi connectivity index (χ0n) is 11.5. The summed E-state index contributed by atoms with van der Waals surface area (Å²) in [6, 6.07) is 17.1. The third-order valence-electron chi connectivity index (χ3n) is 3.29. The summed E-state index contributed by atoms with van der Waals surface area (Å²) < 4.78 is 1.60. The van der Waals surface area contributed by atoms with E-state index in [9.17, 15) is 9.90 Å². The molecule has 0 atom stereocenters. The third-order valence-corrected chi connectivity index (χ3v) is 3.29. The lowest BCUT2D eigenvalue weighted by Gasteiger charge is -2.01. The molecule has 0 spiro atoms. The number of rotatable bonds is 3. The topological polar surface area (TPSA) is 55.1 Å². The van der Waals surface area contributed by atoms with Crippen molar-refractivity contribution in [2.45, 2.75) is 6.92 Å². The zero-order chi connectivity index (χ0) is 14.8. The molecule has 2 aromatic carbocycles. The first kappa shape index (κ1) is 13.1. The van der Waals surface area contributed by atoms with Crippen molar-refractivity contribution < 1.29 is 9.90 Å². The molecule has 0 fully saturated rings. The number of hydrogen-bond donors (Lipinski definition) is 1. The fourth-order valence-corrected chi connectivity index (χ4v) is 2.17. The Labute approximate surface area is 122 Å². The van der Waals surface area contributed by atoms with E-state index >= 15 is 0 Å². The number of aryl methyl sites for hydroxylation is 1. The molecule has 104 valence electrons. The van der Waals surface area contributed by atoms with Crippen molar-refractivity contribution in [3.05, 3.63) is 71.9 Å². The second-order valence-electron chi connectivity index (χ2n) is 4.84. The number of carbonyl (C=O) groups is 1. The average Bonchev–Trinajstić information content (AvgIpc) is 2.94. The smallest absolute Gasteiger partial charge is 0.339 e. The molecule has 0 aliphatic carbocycles. The van der Waals surface area contributed by atoms with Crippen LogP contribution in [0.15, 0.2) is 60.8 Å². The summed E-state index contributed by atoms with van der Waals surface area (Å²) in [6.45, 7) is 1.99. The summed E-state index contributed by atoms with van der Waals surface area (Å²) in [5.74, 6) is -0.979. The van der Waals surface area contributed by atoms with Gasteiger partial charge in [-0.05, 0) is 19.1 Å². The summed E-state index contributed by atoms with van der Waals surface area (Å²) in [7, 11) is 0. The van der Waals surface area contributed by atoms with E-state index in [0.29, 0.717) is 5.69 Å². The van der Waals surface area contributed by atoms with Gasteiger partial charge in [0.2, 0.25) is 0 Å². The molecular formula is C17H14N2O2. The Hall–Kier alpha value is -2.88. The van der Waals surface area contributed by atoms with Gasteiger partial charge in [-0.3, -0.25) is 0 Å². The van der Waals surface area contributed by atoms with Crippen LogP contribution in [0, 0.1) is 6.92 Å². The van der Waals surface area contributed by atoms with Gasteiger partial charge in [0, 0.05) is 11.8 Å². The van der Waals surface area contributed by atoms with Crippen molar-refractivity contribution in [1.82, 2.24) is 9.78 Å². The van der Waals surface area contributed by atoms with Gasteiger partial charge in [0.05, 0.1) is 5.69 Å². The van der Waals surface area contributed by atoms with Crippen LogP contribution in [0.3, 0.4) is 0 Å². The second kappa shape index (κ2) is 5.25. The van der Waals surface area contributed by atoms with E-state index in [1.165, 1.54) is 0 Å². The number of hydrogen-bond acceptors (Lipinski definition) is 2. The van der Waals surface area contributed by atoms with Crippen molar-refractivity contribution in [3.8, 4) is 16.9 Å². The van der Waals surface area contributed by atoms with Gasteiger partial charge in [-0.2, -0.15) is 5.10 Å². The van der Waals surface area contributed by atoms with Crippen LogP contribution >= 0.6 is 0 Å². The highest BCUT2D eigenvalue weighted by atomic mass is 16.4. The predicted octanol–water partition coefficient (Wildman–Crippen LogP) is 3.55. The van der Waals surface area contributed by atoms with Gasteiger partial charge < -0.3 is 5.11 Å². The van der Waals surface area contributed by atoms with Crippen molar-refractivity contribution in [2.75, 3.05) is 0 Å². The third kappa shape index (κ3) is 2.56. The number of aromatic carboxylic acids is 1. The molecule has 0 amide bonds. The van der Waals surface area contributed by atoms with Gasteiger partial charge in [-0.1, -0.05) is 48.0 Å². The Bertz CT molecular complexity index is 774. The largest absolute Gasteiger partial charge is 0.478 e. The Morgan fingerprint density at radius 3 is 2.33 bits per heavy atom. The van der Waals surface area contributed by atoms with Gasteiger partial charge in [0.25, 0.3) is 0 Å². The standard InChI is InChI=1S/C17H14N2O2/c1-12-7-9-13(10-8-12)16-15(17(20)21)11-19(18-16)14-5-3-2-4-6-14/h2-11H,1H3,(H,20,21). The zero-order valence-corrected chi connectivity index (χ0v) is 11.5. The number of carboxylic acid groups (broad SMARTS) is 1. The lowest BCUT2D eigenvalue weighted by atomic mass is 10.1. The number of nitrogens with zero attached hydrogens (tertiary/aromatic N) is 2. The van der Waals surface area contributed by atoms with E-state index in [4.69, 9.17) is 0 Å². The molecule has 0 aliphatic rings. The molecule has 3 aromatic rings. The molecule has 0 aliphatic heterocycles. The van der Waals surface area contributed by atoms with Crippen molar-refractivity contribution >= 4 is 5.97 Å². The van der Waals surface area contributed by atoms with Gasteiger partial charge in [-0.25, -0.2) is 9.48 Å². The summed E-state index contributed by atoms with van der Waals surface area (Å²) >= 11 is 0. The summed E-state index contributed by atoms with van der Waals surface area (Å²) in [5.41, 5.74) is 3.43. The highest BCUT2D eigenvalue weighted by molar-refractivity contribution is 5.94. The number of benzene rings is 2. The molecule has 0 bridgehead atoms. The first-order chi connectivity index (χ1) is 10.1. The number of aromatic nitrogens is 2. The van der Waals surface area contributed by atoms with Gasteiger partial charge in [0.15, 0.2) is 0 Å². The maximum atomic E-state index is 11.5. The second-order valence-corrected chi connectivity index (χ2v) is 4.84. The molecule has 0 radical (unpaired) electrons. The van der Waals surface area contributed by atoms with Crippen LogP contribution in [0.2, 0.25) is 0 Å². The highest BCUT2D eigenvalue weighted by Gasteiger charge is 2.17. The quantitative estimate of drug-likeness (QED) is 0.797. The minimum atomic E-state index is -0.979. The lowest BCUT2D eigenvalue weighted by Crippen LogP contribution is -1.96. The molecule has 0 saturated carbocycles. The maximum absolute atomic E-state index is 11.5. The maximum Gasteiger partial charge on any atom is 0.339 e. The number of carboxylic acids is 1. The molecule has 4 nitrogen and oxygen atoms in total. The Kier molecular flexibility index (Phi) is 3.28. The van der Waals surface area contributed by atoms with Crippen LogP contribution in [0.4, 0.5) is 0 Å². The highest BCUT2D eigenvalue weighted by Crippen LogP contribution is 2.24. The van der Waals surface area contributed by atoms with E-state index in [-0.39, 0.29) is 5.56 Å². The van der Waals surface area contributed by atoms with Crippen molar-refractivity contribution in [1.29, 1.82) is 0 Å². The summed E-state index contributed by atoms with van der Waals surface area (Å²) in [4.78, 5) is 11.5. The minimum absolute atomic E-state index is 0.197. The molecule has 1 N–H and O–H groups in total. The lowest BCUT2D eigenvalue weighted by molar-refractivity contribution is 0.0697. The van der Waals surface area contributed by atoms with E-state index in [0.717, 1.165) is 16.8 Å². The Balaban J connectivity index is 2.14. The molecule has 4 heteroatoms. The van der Waals surface area contributed by atoms with Gasteiger partial charge in [-0.15, -0.1) is 0 Å². The Morgan fingerprint density at radius 2 is 1.71 bits per heavy atom. The normalized spacial score (nSPS) is 10.5. The molecule has 0 saturated heterocycles. The first-order valence-corrected chi connectivity index (χ1v) is 6.60. The van der Waals surface area contributed by atoms with E-state index in [2.05, 4.69) is 5.10 Å². The van der Waals surface area contributed by atoms with Crippen LogP contribution in [0.1, 0.15) is 15.9 Å². The van der Waals surface area contributed by atoms with Gasteiger partial charge >= 0.3 is 5.97 Å². The van der Waals surface area contributed by atoms with E-state index < -0.39 is 5.97 Å². The Morgan fingerprint density at radius 1 is 1.05 bits per heavy atom. The van der Waals surface area contributed by atoms with Crippen LogP contribution < -0.4 is 0 Å². The number of para-hydroxylation sites is 1. The fourth-order valence-electron chi connectivity index (χ4n) is 2.17. The van der Waals surface area contributed by atoms with Crippen LogP contribution in [0.5, 0.6) is 0 Å². The molecule has 3 rings (SSSR count). The fraction of sp³-hybridized carbons (Fsp3) is 0.0588. The molecule has 1 heterocycles. The first-order valence-electron chi connectivity index (χ1n) is 6.60. The summed E-state index contributed by atoms with van der Waals surface area (Å²) in [6.07, 6.45) is 1.55. The van der Waals surface area contributed by atoms with Crippen LogP contribution in [-0.2, 0) is 0 Å². The van der Waals surface area contributed by atoms with E-state index in [1.807, 2.05) is 61.5 Å². The van der Waals surface area contributed by atoms with Crippen LogP contribution in [-0.4, -0.2) is 20.9 Å². The SMILES string of the molecule is Cc1ccc(-c2nn(-c3ccccc3)cc2C(=O)O)cc1. The monoisotopic (exact) mass is 278 g/mol. The van der Waals surface area contributed by atoms with E-state index in [1.54, 1.807) is 10.9 Å². The molecule has 0 unspecified atom stereocenters. The van der Waals surface area contributed by atoms with Crippen LogP contribution in [0.25, 0.3) is 16.9 Å². The molecule has 21 heavy (non-hydrogen) atoms. The summed E-state index contributed by atoms with van der Waals surface area (Å²) in [5, 5.41) is 13.8. The van der Waals surface area contributed by atoms with Crippen molar-refractivity contribution in [3.63, 3.8) is 0 Å².